The predicted octanol–water partition coefficient (Wildman–Crippen LogP) is 4.12. The largest absolute Gasteiger partial charge is 0.364 e. The van der Waals surface area contributed by atoms with Crippen molar-refractivity contribution in [3.8, 4) is 6.07 Å². The second-order valence-corrected chi connectivity index (χ2v) is 5.89. The van der Waals surface area contributed by atoms with Gasteiger partial charge in [-0.15, -0.1) is 0 Å². The van der Waals surface area contributed by atoms with E-state index in [0.717, 1.165) is 18.7 Å². The maximum Gasteiger partial charge on any atom is 0.0675 e. The van der Waals surface area contributed by atoms with Crippen LogP contribution in [0, 0.1) is 17.2 Å². The summed E-state index contributed by atoms with van der Waals surface area (Å²) in [4.78, 5) is 2.19. The maximum atomic E-state index is 9.05. The first-order chi connectivity index (χ1) is 7.94. The Kier molecular flexibility index (Phi) is 3.25. The molecule has 0 aliphatic carbocycles. The average Bonchev–Trinajstić information content (AvgIpc) is 2.54. The van der Waals surface area contributed by atoms with E-state index in [0.29, 0.717) is 10.0 Å². The Morgan fingerprint density at radius 1 is 1.41 bits per heavy atom. The molecule has 1 aromatic carbocycles. The summed E-state index contributed by atoms with van der Waals surface area (Å²) in [5, 5.41) is 10.3. The van der Waals surface area contributed by atoms with Crippen molar-refractivity contribution in [3.63, 3.8) is 0 Å². The standard InChI is InChI=1S/C13H14Cl2N2/c1-13(2)6-9(7-16)8-17(13)12-4-3-10(14)5-11(12)15/h3-5,9H,6,8H2,1-2H3. The number of hydrogen-bond acceptors (Lipinski definition) is 2. The molecule has 0 amide bonds. The van der Waals surface area contributed by atoms with Gasteiger partial charge in [0.1, 0.15) is 0 Å². The van der Waals surface area contributed by atoms with Gasteiger partial charge in [0.2, 0.25) is 0 Å². The molecule has 1 aliphatic rings. The van der Waals surface area contributed by atoms with Gasteiger partial charge < -0.3 is 4.90 Å². The molecule has 0 aromatic heterocycles. The zero-order valence-corrected chi connectivity index (χ0v) is 11.4. The highest BCUT2D eigenvalue weighted by atomic mass is 35.5. The molecule has 0 saturated carbocycles. The van der Waals surface area contributed by atoms with Gasteiger partial charge in [-0.2, -0.15) is 5.26 Å². The lowest BCUT2D eigenvalue weighted by atomic mass is 9.97. The van der Waals surface area contributed by atoms with Crippen molar-refractivity contribution in [2.75, 3.05) is 11.4 Å². The van der Waals surface area contributed by atoms with E-state index in [1.54, 1.807) is 6.07 Å². The van der Waals surface area contributed by atoms with E-state index in [4.69, 9.17) is 28.5 Å². The van der Waals surface area contributed by atoms with Crippen LogP contribution >= 0.6 is 23.2 Å². The number of halogens is 2. The van der Waals surface area contributed by atoms with Crippen LogP contribution in [0.4, 0.5) is 5.69 Å². The molecular formula is C13H14Cl2N2. The van der Waals surface area contributed by atoms with Crippen LogP contribution in [0.15, 0.2) is 18.2 Å². The van der Waals surface area contributed by atoms with E-state index in [1.807, 2.05) is 12.1 Å². The smallest absolute Gasteiger partial charge is 0.0675 e. The molecule has 2 rings (SSSR count). The lowest BCUT2D eigenvalue weighted by molar-refractivity contribution is 0.503. The molecule has 1 saturated heterocycles. The normalized spacial score (nSPS) is 22.5. The summed E-state index contributed by atoms with van der Waals surface area (Å²) in [6.07, 6.45) is 0.864. The predicted molar refractivity (Wildman–Crippen MR) is 71.6 cm³/mol. The highest BCUT2D eigenvalue weighted by molar-refractivity contribution is 6.36. The number of rotatable bonds is 1. The van der Waals surface area contributed by atoms with E-state index < -0.39 is 0 Å². The van der Waals surface area contributed by atoms with Gasteiger partial charge in [-0.25, -0.2) is 0 Å². The molecule has 90 valence electrons. The lowest BCUT2D eigenvalue weighted by Crippen LogP contribution is -2.38. The van der Waals surface area contributed by atoms with Crippen molar-refractivity contribution < 1.29 is 0 Å². The summed E-state index contributed by atoms with van der Waals surface area (Å²) in [7, 11) is 0. The molecule has 1 heterocycles. The third-order valence-electron chi connectivity index (χ3n) is 3.26. The second-order valence-electron chi connectivity index (χ2n) is 5.05. The third-order valence-corrected chi connectivity index (χ3v) is 3.80. The Morgan fingerprint density at radius 3 is 2.65 bits per heavy atom. The average molecular weight is 269 g/mol. The Labute approximate surface area is 112 Å². The van der Waals surface area contributed by atoms with Gasteiger partial charge in [-0.1, -0.05) is 23.2 Å². The van der Waals surface area contributed by atoms with E-state index in [1.165, 1.54) is 0 Å². The molecule has 0 radical (unpaired) electrons. The highest BCUT2D eigenvalue weighted by Gasteiger charge is 2.39. The number of hydrogen-bond donors (Lipinski definition) is 0. The topological polar surface area (TPSA) is 27.0 Å². The van der Waals surface area contributed by atoms with Crippen molar-refractivity contribution in [1.29, 1.82) is 5.26 Å². The number of benzene rings is 1. The molecule has 0 bridgehead atoms. The minimum atomic E-state index is -0.0438. The molecule has 1 unspecified atom stereocenters. The molecule has 2 nitrogen and oxygen atoms in total. The molecule has 1 atom stereocenters. The lowest BCUT2D eigenvalue weighted by Gasteiger charge is -2.34. The van der Waals surface area contributed by atoms with Crippen LogP contribution in [0.25, 0.3) is 0 Å². The van der Waals surface area contributed by atoms with E-state index in [2.05, 4.69) is 24.8 Å². The van der Waals surface area contributed by atoms with Crippen LogP contribution in [-0.2, 0) is 0 Å². The van der Waals surface area contributed by atoms with Crippen molar-refractivity contribution in [2.24, 2.45) is 5.92 Å². The quantitative estimate of drug-likeness (QED) is 0.766. The van der Waals surface area contributed by atoms with E-state index >= 15 is 0 Å². The maximum absolute atomic E-state index is 9.05. The van der Waals surface area contributed by atoms with Gasteiger partial charge in [-0.05, 0) is 38.5 Å². The molecule has 1 fully saturated rings. The fourth-order valence-electron chi connectivity index (χ4n) is 2.46. The van der Waals surface area contributed by atoms with Gasteiger partial charge in [0.05, 0.1) is 22.7 Å². The van der Waals surface area contributed by atoms with Crippen LogP contribution in [0.2, 0.25) is 10.0 Å². The molecular weight excluding hydrogens is 255 g/mol. The molecule has 0 spiro atoms. The van der Waals surface area contributed by atoms with Gasteiger partial charge >= 0.3 is 0 Å². The fraction of sp³-hybridized carbons (Fsp3) is 0.462. The minimum Gasteiger partial charge on any atom is -0.364 e. The number of anilines is 1. The van der Waals surface area contributed by atoms with Crippen molar-refractivity contribution in [1.82, 2.24) is 0 Å². The molecule has 1 aliphatic heterocycles. The Balaban J connectivity index is 2.37. The van der Waals surface area contributed by atoms with E-state index in [-0.39, 0.29) is 11.5 Å². The second kappa shape index (κ2) is 4.40. The summed E-state index contributed by atoms with van der Waals surface area (Å²) in [6, 6.07) is 7.84. The van der Waals surface area contributed by atoms with Gasteiger partial charge in [-0.3, -0.25) is 0 Å². The van der Waals surface area contributed by atoms with Gasteiger partial charge in [0, 0.05) is 17.1 Å². The summed E-state index contributed by atoms with van der Waals surface area (Å²) in [6.45, 7) is 5.00. The first-order valence-corrected chi connectivity index (χ1v) is 6.32. The monoisotopic (exact) mass is 268 g/mol. The van der Waals surface area contributed by atoms with Crippen molar-refractivity contribution >= 4 is 28.9 Å². The summed E-state index contributed by atoms with van der Waals surface area (Å²) < 4.78 is 0. The Morgan fingerprint density at radius 2 is 2.12 bits per heavy atom. The van der Waals surface area contributed by atoms with Crippen LogP contribution in [0.5, 0.6) is 0 Å². The summed E-state index contributed by atoms with van der Waals surface area (Å²) >= 11 is 12.1. The zero-order chi connectivity index (χ0) is 12.6. The fourth-order valence-corrected chi connectivity index (χ4v) is 2.97. The van der Waals surface area contributed by atoms with Crippen molar-refractivity contribution in [2.45, 2.75) is 25.8 Å². The minimum absolute atomic E-state index is 0.0438. The Hall–Kier alpha value is -0.910. The summed E-state index contributed by atoms with van der Waals surface area (Å²) in [5.41, 5.74) is 0.913. The first-order valence-electron chi connectivity index (χ1n) is 5.56. The Bertz CT molecular complexity index is 477. The van der Waals surface area contributed by atoms with Crippen LogP contribution in [0.3, 0.4) is 0 Å². The number of nitrogens with zero attached hydrogens (tertiary/aromatic N) is 2. The third kappa shape index (κ3) is 2.36. The zero-order valence-electron chi connectivity index (χ0n) is 9.87. The van der Waals surface area contributed by atoms with Gasteiger partial charge in [0.25, 0.3) is 0 Å². The van der Waals surface area contributed by atoms with Crippen LogP contribution in [0.1, 0.15) is 20.3 Å². The molecule has 0 N–H and O–H groups in total. The van der Waals surface area contributed by atoms with Crippen LogP contribution < -0.4 is 4.90 Å². The van der Waals surface area contributed by atoms with Crippen LogP contribution in [-0.4, -0.2) is 12.1 Å². The highest BCUT2D eigenvalue weighted by Crippen LogP contribution is 2.40. The summed E-state index contributed by atoms with van der Waals surface area (Å²) in [5.74, 6) is 0.0664. The molecule has 1 aromatic rings. The SMILES string of the molecule is CC1(C)CC(C#N)CN1c1ccc(Cl)cc1Cl. The molecule has 4 heteroatoms. The van der Waals surface area contributed by atoms with Crippen molar-refractivity contribution in [3.05, 3.63) is 28.2 Å². The van der Waals surface area contributed by atoms with E-state index in [9.17, 15) is 0 Å². The first kappa shape index (κ1) is 12.5. The van der Waals surface area contributed by atoms with Gasteiger partial charge in [0.15, 0.2) is 0 Å². The number of nitriles is 1. The molecule has 17 heavy (non-hydrogen) atoms.